The number of halogens is 1. The maximum absolute atomic E-state index is 12.4. The number of carbonyl (C=O) groups is 1. The molecule has 3 aromatic rings. The zero-order chi connectivity index (χ0) is 20.1. The van der Waals surface area contributed by atoms with Gasteiger partial charge in [0.2, 0.25) is 0 Å². The molecule has 148 valence electrons. The Hall–Kier alpha value is -2.82. The number of hydrogen-bond acceptors (Lipinski definition) is 2. The monoisotopic (exact) mass is 406 g/mol. The lowest BCUT2D eigenvalue weighted by molar-refractivity contribution is -0.914. The van der Waals surface area contributed by atoms with E-state index in [9.17, 15) is 4.79 Å². The molecule has 1 saturated heterocycles. The van der Waals surface area contributed by atoms with Crippen LogP contribution in [0.3, 0.4) is 0 Å². The van der Waals surface area contributed by atoms with Gasteiger partial charge in [0, 0.05) is 27.5 Å². The maximum Gasteiger partial charge on any atom is 0.255 e. The van der Waals surface area contributed by atoms with Gasteiger partial charge in [0.15, 0.2) is 0 Å². The Morgan fingerprint density at radius 3 is 2.34 bits per heavy atom. The molecule has 1 aliphatic heterocycles. The van der Waals surface area contributed by atoms with Gasteiger partial charge < -0.3 is 15.1 Å². The predicted octanol–water partition coefficient (Wildman–Crippen LogP) is 3.50. The number of rotatable bonds is 5. The van der Waals surface area contributed by atoms with Gasteiger partial charge >= 0.3 is 0 Å². The highest BCUT2D eigenvalue weighted by molar-refractivity contribution is 6.31. The number of nitrogens with zero attached hydrogens (tertiary/aromatic N) is 1. The summed E-state index contributed by atoms with van der Waals surface area (Å²) in [5.41, 5.74) is 3.94. The number of piperazine rings is 1. The van der Waals surface area contributed by atoms with Crippen molar-refractivity contribution in [2.24, 2.45) is 0 Å². The van der Waals surface area contributed by atoms with Gasteiger partial charge in [-0.05, 0) is 42.5 Å². The molecular weight excluding hydrogens is 382 g/mol. The van der Waals surface area contributed by atoms with E-state index in [1.54, 1.807) is 29.2 Å². The highest BCUT2D eigenvalue weighted by Crippen LogP contribution is 2.19. The van der Waals surface area contributed by atoms with Gasteiger partial charge in [0.05, 0.1) is 26.2 Å². The Balaban J connectivity index is 1.31. The summed E-state index contributed by atoms with van der Waals surface area (Å²) in [6.07, 6.45) is 0. The number of nitrogens with one attached hydrogen (secondary N) is 2. The number of benzene rings is 3. The molecule has 0 aromatic heterocycles. The molecule has 0 unspecified atom stereocenters. The molecule has 5 heteroatoms. The van der Waals surface area contributed by atoms with E-state index in [2.05, 4.69) is 52.7 Å². The fourth-order valence-corrected chi connectivity index (χ4v) is 3.92. The van der Waals surface area contributed by atoms with E-state index in [4.69, 9.17) is 11.6 Å². The first-order valence-electron chi connectivity index (χ1n) is 9.97. The number of amides is 1. The van der Waals surface area contributed by atoms with Crippen LogP contribution in [0, 0.1) is 0 Å². The Kier molecular flexibility index (Phi) is 6.13. The smallest absolute Gasteiger partial charge is 0.255 e. The lowest BCUT2D eigenvalue weighted by atomic mass is 10.2. The van der Waals surface area contributed by atoms with E-state index in [-0.39, 0.29) is 5.91 Å². The van der Waals surface area contributed by atoms with Crippen LogP contribution in [-0.4, -0.2) is 32.1 Å². The molecule has 3 aromatic carbocycles. The van der Waals surface area contributed by atoms with Crippen LogP contribution in [0.2, 0.25) is 5.02 Å². The van der Waals surface area contributed by atoms with Crippen molar-refractivity contribution in [1.29, 1.82) is 0 Å². The molecule has 0 bridgehead atoms. The second kappa shape index (κ2) is 9.12. The number of hydrogen-bond donors (Lipinski definition) is 2. The zero-order valence-electron chi connectivity index (χ0n) is 16.3. The second-order valence-electron chi connectivity index (χ2n) is 7.41. The Morgan fingerprint density at radius 2 is 1.66 bits per heavy atom. The highest BCUT2D eigenvalue weighted by Gasteiger charge is 2.20. The first-order valence-corrected chi connectivity index (χ1v) is 10.3. The van der Waals surface area contributed by atoms with Gasteiger partial charge in [-0.3, -0.25) is 4.79 Å². The van der Waals surface area contributed by atoms with Crippen LogP contribution in [0.15, 0.2) is 78.9 Å². The summed E-state index contributed by atoms with van der Waals surface area (Å²) in [6.45, 7) is 5.42. The van der Waals surface area contributed by atoms with E-state index in [0.717, 1.165) is 38.4 Å². The zero-order valence-corrected chi connectivity index (χ0v) is 17.0. The molecule has 1 heterocycles. The van der Waals surface area contributed by atoms with Gasteiger partial charge in [-0.25, -0.2) is 0 Å². The molecule has 29 heavy (non-hydrogen) atoms. The summed E-state index contributed by atoms with van der Waals surface area (Å²) < 4.78 is 0. The normalized spacial score (nSPS) is 14.6. The number of carbonyl (C=O) groups excluding carboxylic acids is 1. The second-order valence-corrected chi connectivity index (χ2v) is 7.85. The fourth-order valence-electron chi connectivity index (χ4n) is 3.73. The predicted molar refractivity (Wildman–Crippen MR) is 119 cm³/mol. The van der Waals surface area contributed by atoms with Crippen molar-refractivity contribution < 1.29 is 9.69 Å². The molecule has 4 rings (SSSR count). The number of quaternary nitrogens is 1. The minimum Gasteiger partial charge on any atom is -0.360 e. The largest absolute Gasteiger partial charge is 0.360 e. The molecule has 2 N–H and O–H groups in total. The van der Waals surface area contributed by atoms with Crippen molar-refractivity contribution in [3.8, 4) is 0 Å². The van der Waals surface area contributed by atoms with E-state index >= 15 is 0 Å². The summed E-state index contributed by atoms with van der Waals surface area (Å²) in [5, 5.41) is 3.49. The van der Waals surface area contributed by atoms with Gasteiger partial charge in [-0.2, -0.15) is 0 Å². The Morgan fingerprint density at radius 1 is 0.931 bits per heavy atom. The molecule has 0 atom stereocenters. The van der Waals surface area contributed by atoms with Crippen LogP contribution in [0.25, 0.3) is 0 Å². The third-order valence-corrected chi connectivity index (χ3v) is 5.58. The molecule has 1 amide bonds. The van der Waals surface area contributed by atoms with Gasteiger partial charge in [0.1, 0.15) is 6.54 Å². The summed E-state index contributed by atoms with van der Waals surface area (Å²) in [7, 11) is 0. The van der Waals surface area contributed by atoms with Crippen LogP contribution >= 0.6 is 11.6 Å². The van der Waals surface area contributed by atoms with Crippen molar-refractivity contribution in [2.75, 3.05) is 36.4 Å². The van der Waals surface area contributed by atoms with Crippen molar-refractivity contribution in [3.05, 3.63) is 95.0 Å². The minimum absolute atomic E-state index is 0.154. The Labute approximate surface area is 176 Å². The van der Waals surface area contributed by atoms with E-state index in [0.29, 0.717) is 10.6 Å². The lowest BCUT2D eigenvalue weighted by Crippen LogP contribution is -3.13. The van der Waals surface area contributed by atoms with Crippen LogP contribution < -0.4 is 15.1 Å². The molecule has 0 aliphatic carbocycles. The molecular formula is C24H25ClN3O+. The van der Waals surface area contributed by atoms with Crippen LogP contribution in [0.1, 0.15) is 15.9 Å². The van der Waals surface area contributed by atoms with Gasteiger partial charge in [-0.15, -0.1) is 0 Å². The highest BCUT2D eigenvalue weighted by atomic mass is 35.5. The van der Waals surface area contributed by atoms with Crippen LogP contribution in [-0.2, 0) is 6.54 Å². The molecule has 0 radical (unpaired) electrons. The molecule has 1 fully saturated rings. The summed E-state index contributed by atoms with van der Waals surface area (Å²) >= 11 is 5.97. The van der Waals surface area contributed by atoms with Crippen molar-refractivity contribution in [3.63, 3.8) is 0 Å². The third-order valence-electron chi connectivity index (χ3n) is 5.34. The molecule has 1 aliphatic rings. The standard InChI is InChI=1S/C24H24ClN3O/c25-21-8-4-7-20(17-21)24(29)26-22-9-11-23(12-10-22)28-15-13-27(14-16-28)18-19-5-2-1-3-6-19/h1-12,17H,13-16,18H2,(H,26,29)/p+1. The topological polar surface area (TPSA) is 36.8 Å². The van der Waals surface area contributed by atoms with E-state index in [1.807, 2.05) is 12.1 Å². The minimum atomic E-state index is -0.154. The Bertz CT molecular complexity index is 951. The molecule has 0 spiro atoms. The van der Waals surface area contributed by atoms with Crippen LogP contribution in [0.5, 0.6) is 0 Å². The molecule has 4 nitrogen and oxygen atoms in total. The van der Waals surface area contributed by atoms with Crippen molar-refractivity contribution >= 4 is 28.9 Å². The van der Waals surface area contributed by atoms with E-state index < -0.39 is 0 Å². The lowest BCUT2D eigenvalue weighted by Gasteiger charge is -2.33. The average Bonchev–Trinajstić information content (AvgIpc) is 2.76. The van der Waals surface area contributed by atoms with Crippen molar-refractivity contribution in [2.45, 2.75) is 6.54 Å². The fraction of sp³-hybridized carbons (Fsp3) is 0.208. The summed E-state index contributed by atoms with van der Waals surface area (Å²) in [5.74, 6) is -0.154. The first-order chi connectivity index (χ1) is 14.2. The number of anilines is 2. The van der Waals surface area contributed by atoms with Crippen LogP contribution in [0.4, 0.5) is 11.4 Å². The van der Waals surface area contributed by atoms with E-state index in [1.165, 1.54) is 11.3 Å². The van der Waals surface area contributed by atoms with Gasteiger partial charge in [0.25, 0.3) is 5.91 Å². The maximum atomic E-state index is 12.4. The average molecular weight is 407 g/mol. The molecule has 0 saturated carbocycles. The summed E-state index contributed by atoms with van der Waals surface area (Å²) in [6, 6.07) is 25.7. The summed E-state index contributed by atoms with van der Waals surface area (Å²) in [4.78, 5) is 16.4. The van der Waals surface area contributed by atoms with Gasteiger partial charge in [-0.1, -0.05) is 48.0 Å². The van der Waals surface area contributed by atoms with Crippen molar-refractivity contribution in [1.82, 2.24) is 0 Å². The SMILES string of the molecule is O=C(Nc1ccc(N2CC[NH+](Cc3ccccc3)CC2)cc1)c1cccc(Cl)c1. The first kappa shape index (κ1) is 19.5. The third kappa shape index (κ3) is 5.17. The quantitative estimate of drug-likeness (QED) is 0.680.